The van der Waals surface area contributed by atoms with Crippen molar-refractivity contribution in [2.45, 2.75) is 51.8 Å². The fraction of sp³-hybridized carbons (Fsp3) is 0.526. The molecular weight excluding hydrogens is 411 g/mol. The summed E-state index contributed by atoms with van der Waals surface area (Å²) in [6.45, 7) is 4.73. The third-order valence-corrected chi connectivity index (χ3v) is 4.95. The lowest BCUT2D eigenvalue weighted by Crippen LogP contribution is -2.48. The molecule has 158 valence electrons. The van der Waals surface area contributed by atoms with Crippen LogP contribution in [0.5, 0.6) is 5.88 Å². The van der Waals surface area contributed by atoms with Crippen molar-refractivity contribution in [2.75, 3.05) is 6.61 Å². The number of carbonyl (C=O) groups is 1. The summed E-state index contributed by atoms with van der Waals surface area (Å²) < 4.78 is 51.5. The molecule has 1 saturated carbocycles. The van der Waals surface area contributed by atoms with Crippen LogP contribution in [0.25, 0.3) is 5.82 Å². The highest BCUT2D eigenvalue weighted by Gasteiger charge is 2.58. The maximum absolute atomic E-state index is 13.2. The van der Waals surface area contributed by atoms with Crippen molar-refractivity contribution < 1.29 is 27.4 Å². The molecule has 0 aliphatic heterocycles. The molecule has 29 heavy (non-hydrogen) atoms. The number of rotatable bonds is 5. The van der Waals surface area contributed by atoms with E-state index in [0.29, 0.717) is 6.42 Å². The van der Waals surface area contributed by atoms with Crippen LogP contribution in [0.2, 0.25) is 5.15 Å². The Kier molecular flexibility index (Phi) is 5.55. The van der Waals surface area contributed by atoms with E-state index in [1.54, 1.807) is 20.8 Å². The summed E-state index contributed by atoms with van der Waals surface area (Å²) in [5.74, 6) is -0.273. The van der Waals surface area contributed by atoms with Crippen molar-refractivity contribution in [3.63, 3.8) is 0 Å². The van der Waals surface area contributed by atoms with Crippen LogP contribution >= 0.6 is 11.6 Å². The number of pyridine rings is 1. The van der Waals surface area contributed by atoms with Gasteiger partial charge in [-0.2, -0.15) is 13.2 Å². The number of ether oxygens (including phenoxy) is 2. The van der Waals surface area contributed by atoms with Gasteiger partial charge < -0.3 is 9.47 Å². The molecular formula is C19H21ClF3N3O3. The number of aromatic nitrogens is 3. The van der Waals surface area contributed by atoms with Gasteiger partial charge in [-0.25, -0.2) is 14.5 Å². The van der Waals surface area contributed by atoms with Gasteiger partial charge in [0, 0.05) is 12.3 Å². The van der Waals surface area contributed by atoms with Crippen molar-refractivity contribution >= 4 is 17.6 Å². The van der Waals surface area contributed by atoms with Crippen LogP contribution in [-0.4, -0.2) is 39.1 Å². The second kappa shape index (κ2) is 7.51. The lowest BCUT2D eigenvalue weighted by atomic mass is 9.69. The largest absolute Gasteiger partial charge is 0.476 e. The molecule has 1 aliphatic rings. The van der Waals surface area contributed by atoms with E-state index in [0.717, 1.165) is 0 Å². The first kappa shape index (κ1) is 21.4. The van der Waals surface area contributed by atoms with Crippen LogP contribution in [0.1, 0.15) is 50.4 Å². The standard InChI is InChI=1S/C19H21ClF3N3O3/c1-17(2,3)29-16(27)12-5-6-13(24-15(12)20)26-10-7-14(25-26)28-11-18(8-4-9-18)19(21,22)23/h5-7,10H,4,8-9,11H2,1-3H3. The molecule has 0 unspecified atom stereocenters. The monoisotopic (exact) mass is 431 g/mol. The second-order valence-electron chi connectivity index (χ2n) is 8.03. The van der Waals surface area contributed by atoms with E-state index in [1.807, 2.05) is 0 Å². The third kappa shape index (κ3) is 4.66. The summed E-state index contributed by atoms with van der Waals surface area (Å²) in [4.78, 5) is 16.3. The van der Waals surface area contributed by atoms with Crippen molar-refractivity contribution in [3.8, 4) is 11.7 Å². The van der Waals surface area contributed by atoms with Crippen LogP contribution in [0.4, 0.5) is 13.2 Å². The molecule has 0 saturated heterocycles. The molecule has 1 fully saturated rings. The summed E-state index contributed by atoms with van der Waals surface area (Å²) in [6.07, 6.45) is -2.17. The van der Waals surface area contributed by atoms with Gasteiger partial charge >= 0.3 is 12.1 Å². The quantitative estimate of drug-likeness (QED) is 0.493. The number of nitrogens with zero attached hydrogens (tertiary/aromatic N) is 3. The first-order valence-electron chi connectivity index (χ1n) is 9.06. The molecule has 3 rings (SSSR count). The second-order valence-corrected chi connectivity index (χ2v) is 8.39. The van der Waals surface area contributed by atoms with Gasteiger partial charge in [-0.15, -0.1) is 5.10 Å². The van der Waals surface area contributed by atoms with Crippen LogP contribution < -0.4 is 4.74 Å². The average Bonchev–Trinajstić information content (AvgIpc) is 2.99. The summed E-state index contributed by atoms with van der Waals surface area (Å²) in [5, 5.41) is 4.02. The van der Waals surface area contributed by atoms with E-state index in [9.17, 15) is 18.0 Å². The molecule has 2 aromatic heterocycles. The number of carbonyl (C=O) groups excluding carboxylic acids is 1. The number of halogens is 4. The third-order valence-electron chi connectivity index (χ3n) is 4.66. The Balaban J connectivity index is 1.70. The molecule has 0 N–H and O–H groups in total. The van der Waals surface area contributed by atoms with Crippen molar-refractivity contribution in [1.82, 2.24) is 14.8 Å². The highest BCUT2D eigenvalue weighted by atomic mass is 35.5. The molecule has 0 aromatic carbocycles. The Bertz CT molecular complexity index is 902. The molecule has 0 spiro atoms. The van der Waals surface area contributed by atoms with E-state index in [2.05, 4.69) is 10.1 Å². The van der Waals surface area contributed by atoms with Crippen molar-refractivity contribution in [1.29, 1.82) is 0 Å². The summed E-state index contributed by atoms with van der Waals surface area (Å²) in [7, 11) is 0. The summed E-state index contributed by atoms with van der Waals surface area (Å²) in [6, 6.07) is 4.40. The fourth-order valence-corrected chi connectivity index (χ4v) is 3.10. The van der Waals surface area contributed by atoms with Gasteiger partial charge in [-0.3, -0.25) is 0 Å². The minimum absolute atomic E-state index is 0.0506. The van der Waals surface area contributed by atoms with Gasteiger partial charge in [0.05, 0.1) is 5.56 Å². The minimum atomic E-state index is -4.31. The molecule has 10 heteroatoms. The van der Waals surface area contributed by atoms with Gasteiger partial charge in [-0.05, 0) is 45.7 Å². The van der Waals surface area contributed by atoms with Crippen molar-refractivity contribution in [2.24, 2.45) is 5.41 Å². The number of hydrogen-bond acceptors (Lipinski definition) is 5. The van der Waals surface area contributed by atoms with E-state index < -0.39 is 29.8 Å². The maximum atomic E-state index is 13.2. The Morgan fingerprint density at radius 3 is 2.45 bits per heavy atom. The molecule has 0 radical (unpaired) electrons. The van der Waals surface area contributed by atoms with Gasteiger partial charge in [0.2, 0.25) is 5.88 Å². The normalized spacial score (nSPS) is 16.2. The molecule has 1 aliphatic carbocycles. The lowest BCUT2D eigenvalue weighted by molar-refractivity contribution is -0.259. The molecule has 2 heterocycles. The Labute approximate surface area is 171 Å². The smallest absolute Gasteiger partial charge is 0.397 e. The zero-order valence-corrected chi connectivity index (χ0v) is 17.0. The predicted octanol–water partition coefficient (Wildman–Crippen LogP) is 4.99. The minimum Gasteiger partial charge on any atom is -0.476 e. The molecule has 0 bridgehead atoms. The van der Waals surface area contributed by atoms with E-state index in [4.69, 9.17) is 21.1 Å². The summed E-state index contributed by atoms with van der Waals surface area (Å²) >= 11 is 6.10. The highest BCUT2D eigenvalue weighted by Crippen LogP contribution is 2.53. The van der Waals surface area contributed by atoms with E-state index in [1.165, 1.54) is 29.1 Å². The zero-order chi connectivity index (χ0) is 21.4. The topological polar surface area (TPSA) is 66.2 Å². The zero-order valence-electron chi connectivity index (χ0n) is 16.2. The molecule has 2 aromatic rings. The first-order chi connectivity index (χ1) is 13.4. The molecule has 6 nitrogen and oxygen atoms in total. The number of alkyl halides is 3. The van der Waals surface area contributed by atoms with Crippen LogP contribution in [-0.2, 0) is 4.74 Å². The van der Waals surface area contributed by atoms with E-state index >= 15 is 0 Å². The lowest BCUT2D eigenvalue weighted by Gasteiger charge is -2.42. The average molecular weight is 432 g/mol. The SMILES string of the molecule is CC(C)(C)OC(=O)c1ccc(-n2ccc(OCC3(C(F)(F)F)CCC3)n2)nc1Cl. The Morgan fingerprint density at radius 2 is 1.93 bits per heavy atom. The first-order valence-corrected chi connectivity index (χ1v) is 9.44. The van der Waals surface area contributed by atoms with Crippen LogP contribution in [0.15, 0.2) is 24.4 Å². The van der Waals surface area contributed by atoms with Crippen LogP contribution in [0.3, 0.4) is 0 Å². The number of hydrogen-bond donors (Lipinski definition) is 0. The van der Waals surface area contributed by atoms with Gasteiger partial charge in [-0.1, -0.05) is 18.0 Å². The Morgan fingerprint density at radius 1 is 1.24 bits per heavy atom. The Hall–Kier alpha value is -2.29. The highest BCUT2D eigenvalue weighted by molar-refractivity contribution is 6.32. The van der Waals surface area contributed by atoms with E-state index in [-0.39, 0.29) is 35.3 Å². The van der Waals surface area contributed by atoms with Gasteiger partial charge in [0.15, 0.2) is 5.82 Å². The maximum Gasteiger partial charge on any atom is 0.397 e. The molecule has 0 amide bonds. The summed E-state index contributed by atoms with van der Waals surface area (Å²) in [5.41, 5.74) is -2.37. The predicted molar refractivity (Wildman–Crippen MR) is 99.4 cm³/mol. The fourth-order valence-electron chi connectivity index (χ4n) is 2.87. The molecule has 0 atom stereocenters. The van der Waals surface area contributed by atoms with Crippen molar-refractivity contribution in [3.05, 3.63) is 35.1 Å². The van der Waals surface area contributed by atoms with Gasteiger partial charge in [0.1, 0.15) is 22.8 Å². The van der Waals surface area contributed by atoms with Gasteiger partial charge in [0.25, 0.3) is 0 Å². The van der Waals surface area contributed by atoms with Crippen LogP contribution in [0, 0.1) is 5.41 Å². The number of esters is 1.